The maximum Gasteiger partial charge on any atom is 0.220 e. The number of amides is 1. The van der Waals surface area contributed by atoms with Crippen molar-refractivity contribution in [3.8, 4) is 5.75 Å². The lowest BCUT2D eigenvalue weighted by Gasteiger charge is -2.34. The molecule has 0 unspecified atom stereocenters. The third kappa shape index (κ3) is 3.95. The van der Waals surface area contributed by atoms with E-state index in [1.54, 1.807) is 7.11 Å². The third-order valence-electron chi connectivity index (χ3n) is 5.28. The molecule has 2 aromatic rings. The number of quaternary nitrogens is 1. The van der Waals surface area contributed by atoms with Crippen molar-refractivity contribution in [1.29, 1.82) is 0 Å². The lowest BCUT2D eigenvalue weighted by atomic mass is 9.93. The number of likely N-dealkylation sites (tertiary alicyclic amines) is 1. The topological polar surface area (TPSA) is 100 Å². The predicted octanol–water partition coefficient (Wildman–Crippen LogP) is 0.306. The van der Waals surface area contributed by atoms with Crippen LogP contribution in [0, 0.1) is 5.92 Å². The highest BCUT2D eigenvalue weighted by Gasteiger charge is 2.38. The van der Waals surface area contributed by atoms with Gasteiger partial charge in [-0.3, -0.25) is 4.79 Å². The zero-order valence-corrected chi connectivity index (χ0v) is 16.5. The number of hydrogen-bond acceptors (Lipinski definition) is 5. The Morgan fingerprint density at radius 3 is 2.56 bits per heavy atom. The van der Waals surface area contributed by atoms with Gasteiger partial charge in [0.05, 0.1) is 31.3 Å². The summed E-state index contributed by atoms with van der Waals surface area (Å²) in [7, 11) is 1.68. The molecule has 1 amide bonds. The molecule has 2 heterocycles. The highest BCUT2D eigenvalue weighted by atomic mass is 16.5. The number of nitrogens with zero attached hydrogens (tertiary/aromatic N) is 4. The summed E-state index contributed by atoms with van der Waals surface area (Å²) in [5.41, 5.74) is 6.32. The number of methoxy groups -OCH3 is 1. The number of tetrazole rings is 1. The maximum absolute atomic E-state index is 11.6. The molecule has 8 heteroatoms. The third-order valence-corrected chi connectivity index (χ3v) is 5.28. The van der Waals surface area contributed by atoms with E-state index in [1.165, 1.54) is 4.90 Å². The quantitative estimate of drug-likeness (QED) is 0.785. The highest BCUT2D eigenvalue weighted by molar-refractivity contribution is 5.76. The summed E-state index contributed by atoms with van der Waals surface area (Å²) >= 11 is 0. The van der Waals surface area contributed by atoms with Gasteiger partial charge in [-0.05, 0) is 43.3 Å². The highest BCUT2D eigenvalue weighted by Crippen LogP contribution is 2.29. The number of rotatable bonds is 5. The minimum atomic E-state index is -0.246. The fourth-order valence-corrected chi connectivity index (χ4v) is 3.86. The summed E-state index contributed by atoms with van der Waals surface area (Å²) in [5.74, 6) is 1.36. The van der Waals surface area contributed by atoms with Crippen LogP contribution in [0.25, 0.3) is 0 Å². The van der Waals surface area contributed by atoms with Crippen LogP contribution in [0.3, 0.4) is 0 Å². The minimum Gasteiger partial charge on any atom is -0.496 e. The predicted molar refractivity (Wildman–Crippen MR) is 100 cm³/mol. The summed E-state index contributed by atoms with van der Waals surface area (Å²) < 4.78 is 7.52. The van der Waals surface area contributed by atoms with Crippen LogP contribution >= 0.6 is 0 Å². The number of ether oxygens (including phenoxy) is 1. The molecular weight excluding hydrogens is 344 g/mol. The van der Waals surface area contributed by atoms with E-state index in [9.17, 15) is 4.79 Å². The summed E-state index contributed by atoms with van der Waals surface area (Å²) in [6, 6.07) is 7.91. The Morgan fingerprint density at radius 1 is 1.30 bits per heavy atom. The molecule has 0 radical (unpaired) electrons. The molecule has 0 spiro atoms. The molecule has 3 N–H and O–H groups in total. The Bertz CT molecular complexity index is 789. The second kappa shape index (κ2) is 7.64. The van der Waals surface area contributed by atoms with Gasteiger partial charge in [0.1, 0.15) is 5.75 Å². The molecule has 8 nitrogen and oxygen atoms in total. The van der Waals surface area contributed by atoms with Gasteiger partial charge in [0.2, 0.25) is 11.7 Å². The van der Waals surface area contributed by atoms with Crippen LogP contribution in [0.5, 0.6) is 5.75 Å². The molecule has 1 aromatic carbocycles. The molecular formula is C19H29N6O2+. The average Bonchev–Trinajstić information content (AvgIpc) is 3.12. The van der Waals surface area contributed by atoms with Crippen molar-refractivity contribution in [3.05, 3.63) is 35.7 Å². The Hall–Kier alpha value is -2.48. The van der Waals surface area contributed by atoms with Gasteiger partial charge in [0, 0.05) is 18.8 Å². The Kier molecular flexibility index (Phi) is 5.46. The maximum atomic E-state index is 11.6. The Balaban J connectivity index is 2.04. The van der Waals surface area contributed by atoms with Gasteiger partial charge in [-0.15, -0.1) is 5.10 Å². The van der Waals surface area contributed by atoms with Crippen LogP contribution < -0.4 is 15.4 Å². The van der Waals surface area contributed by atoms with Crippen LogP contribution in [0.4, 0.5) is 0 Å². The van der Waals surface area contributed by atoms with Crippen LogP contribution in [-0.4, -0.2) is 46.3 Å². The molecule has 1 atom stereocenters. The second-order valence-corrected chi connectivity index (χ2v) is 8.13. The van der Waals surface area contributed by atoms with Gasteiger partial charge in [-0.1, -0.05) is 12.1 Å². The van der Waals surface area contributed by atoms with E-state index in [-0.39, 0.29) is 23.4 Å². The smallest absolute Gasteiger partial charge is 0.220 e. The standard InChI is InChI=1S/C19H28N6O2/c1-19(2,3)25-18(21-22-23-25)16(14-7-5-6-8-15(14)27-4)24-11-9-13(10-12-24)17(20)26/h5-8,13,16H,9-12H2,1-4H3,(H2,20,26)/p+1/t16-/m0/s1. The van der Waals surface area contributed by atoms with E-state index in [2.05, 4.69) is 42.4 Å². The molecule has 0 bridgehead atoms. The number of nitrogens with two attached hydrogens (primary N) is 1. The van der Waals surface area contributed by atoms with Crippen LogP contribution in [0.2, 0.25) is 0 Å². The van der Waals surface area contributed by atoms with Gasteiger partial charge in [0.25, 0.3) is 0 Å². The summed E-state index contributed by atoms with van der Waals surface area (Å²) in [6.07, 6.45) is 1.54. The minimum absolute atomic E-state index is 0.0503. The number of aromatic nitrogens is 4. The number of hydrogen-bond donors (Lipinski definition) is 2. The van der Waals surface area contributed by atoms with Crippen molar-refractivity contribution >= 4 is 5.91 Å². The first kappa shape index (κ1) is 19.3. The number of nitrogens with one attached hydrogen (secondary N) is 1. The molecule has 27 heavy (non-hydrogen) atoms. The fourth-order valence-electron chi connectivity index (χ4n) is 3.86. The fraction of sp³-hybridized carbons (Fsp3) is 0.579. The van der Waals surface area contributed by atoms with E-state index in [4.69, 9.17) is 10.5 Å². The van der Waals surface area contributed by atoms with E-state index in [0.717, 1.165) is 43.1 Å². The van der Waals surface area contributed by atoms with Crippen molar-refractivity contribution in [1.82, 2.24) is 20.2 Å². The first-order valence-electron chi connectivity index (χ1n) is 9.38. The van der Waals surface area contributed by atoms with Crippen molar-refractivity contribution in [2.75, 3.05) is 20.2 Å². The van der Waals surface area contributed by atoms with Crippen molar-refractivity contribution < 1.29 is 14.4 Å². The molecule has 3 rings (SSSR count). The van der Waals surface area contributed by atoms with Crippen LogP contribution in [0.1, 0.15) is 51.0 Å². The van der Waals surface area contributed by atoms with Crippen LogP contribution in [-0.2, 0) is 10.3 Å². The molecule has 1 aliphatic heterocycles. The van der Waals surface area contributed by atoms with E-state index >= 15 is 0 Å². The van der Waals surface area contributed by atoms with Gasteiger partial charge in [-0.2, -0.15) is 0 Å². The number of benzene rings is 1. The SMILES string of the molecule is COc1ccccc1[C@@H](c1nnnn1C(C)(C)C)[NH+]1CCC(C(N)=O)CC1. The first-order valence-corrected chi connectivity index (χ1v) is 9.38. The van der Waals surface area contributed by atoms with E-state index in [0.29, 0.717) is 0 Å². The second-order valence-electron chi connectivity index (χ2n) is 8.13. The number of para-hydroxylation sites is 1. The lowest BCUT2D eigenvalue weighted by Crippen LogP contribution is -3.13. The Labute approximate surface area is 159 Å². The molecule has 1 fully saturated rings. The molecule has 0 aliphatic carbocycles. The number of primary amides is 1. The van der Waals surface area contributed by atoms with Gasteiger partial charge in [0.15, 0.2) is 6.04 Å². The number of carbonyl (C=O) groups excluding carboxylic acids is 1. The molecule has 1 saturated heterocycles. The zero-order chi connectivity index (χ0) is 19.6. The number of piperidine rings is 1. The molecule has 1 aliphatic rings. The van der Waals surface area contributed by atoms with Gasteiger partial charge >= 0.3 is 0 Å². The summed E-state index contributed by atoms with van der Waals surface area (Å²) in [5, 5.41) is 12.6. The summed E-state index contributed by atoms with van der Waals surface area (Å²) in [6.45, 7) is 7.91. The van der Waals surface area contributed by atoms with Crippen molar-refractivity contribution in [3.63, 3.8) is 0 Å². The van der Waals surface area contributed by atoms with E-state index < -0.39 is 0 Å². The van der Waals surface area contributed by atoms with Gasteiger partial charge in [-0.25, -0.2) is 4.68 Å². The summed E-state index contributed by atoms with van der Waals surface area (Å²) in [4.78, 5) is 12.9. The zero-order valence-electron chi connectivity index (χ0n) is 16.5. The largest absolute Gasteiger partial charge is 0.496 e. The number of carbonyl (C=O) groups is 1. The lowest BCUT2D eigenvalue weighted by molar-refractivity contribution is -0.931. The molecule has 146 valence electrons. The molecule has 0 saturated carbocycles. The first-order chi connectivity index (χ1) is 12.8. The van der Waals surface area contributed by atoms with Gasteiger partial charge < -0.3 is 15.4 Å². The van der Waals surface area contributed by atoms with Crippen molar-refractivity contribution in [2.45, 2.75) is 45.2 Å². The average molecular weight is 373 g/mol. The van der Waals surface area contributed by atoms with E-state index in [1.807, 2.05) is 22.9 Å². The normalized spacial score (nSPS) is 21.6. The molecule has 1 aromatic heterocycles. The monoisotopic (exact) mass is 373 g/mol. The Morgan fingerprint density at radius 2 is 1.96 bits per heavy atom. The van der Waals surface area contributed by atoms with Crippen molar-refractivity contribution in [2.24, 2.45) is 11.7 Å². The van der Waals surface area contributed by atoms with Crippen LogP contribution in [0.15, 0.2) is 24.3 Å².